The lowest BCUT2D eigenvalue weighted by atomic mass is 9.89. The molecule has 25 heavy (non-hydrogen) atoms. The highest BCUT2D eigenvalue weighted by atomic mass is 16.4. The van der Waals surface area contributed by atoms with Gasteiger partial charge < -0.3 is 5.11 Å². The minimum atomic E-state index is -0.720. The summed E-state index contributed by atoms with van der Waals surface area (Å²) in [7, 11) is 0. The molecule has 1 aliphatic carbocycles. The van der Waals surface area contributed by atoms with Crippen molar-refractivity contribution in [3.05, 3.63) is 41.0 Å². The summed E-state index contributed by atoms with van der Waals surface area (Å²) >= 11 is 0. The first kappa shape index (κ1) is 19.4. The second-order valence-corrected chi connectivity index (χ2v) is 7.27. The zero-order valence-electron chi connectivity index (χ0n) is 15.5. The number of aliphatic carboxylic acids is 1. The van der Waals surface area contributed by atoms with E-state index < -0.39 is 5.97 Å². The Morgan fingerprint density at radius 3 is 2.72 bits per heavy atom. The van der Waals surface area contributed by atoms with E-state index >= 15 is 0 Å². The van der Waals surface area contributed by atoms with Gasteiger partial charge in [-0.25, -0.2) is 0 Å². The molecule has 1 aliphatic rings. The van der Waals surface area contributed by atoms with Gasteiger partial charge in [-0.2, -0.15) is 0 Å². The number of rotatable bonds is 9. The van der Waals surface area contributed by atoms with Gasteiger partial charge in [0.2, 0.25) is 0 Å². The van der Waals surface area contributed by atoms with Crippen LogP contribution in [0.2, 0.25) is 0 Å². The van der Waals surface area contributed by atoms with Crippen molar-refractivity contribution in [3.63, 3.8) is 0 Å². The maximum Gasteiger partial charge on any atom is 0.303 e. The molecule has 1 aromatic rings. The molecule has 1 N–H and O–H groups in total. The monoisotopic (exact) mass is 342 g/mol. The van der Waals surface area contributed by atoms with Crippen molar-refractivity contribution in [1.82, 2.24) is 0 Å². The van der Waals surface area contributed by atoms with Gasteiger partial charge in [0, 0.05) is 18.8 Å². The first-order chi connectivity index (χ1) is 12.0. The van der Waals surface area contributed by atoms with Gasteiger partial charge in [-0.15, -0.1) is 0 Å². The molecule has 2 unspecified atom stereocenters. The molecular formula is C22H30O3. The van der Waals surface area contributed by atoms with E-state index in [1.807, 2.05) is 0 Å². The number of allylic oxidation sites excluding steroid dienone is 1. The van der Waals surface area contributed by atoms with Crippen molar-refractivity contribution in [1.29, 1.82) is 0 Å². The Labute approximate surface area is 151 Å². The average Bonchev–Trinajstić information content (AvgIpc) is 2.92. The molecule has 0 bridgehead atoms. The molecule has 2 atom stereocenters. The molecule has 1 fully saturated rings. The molecule has 0 saturated heterocycles. The van der Waals surface area contributed by atoms with Crippen LogP contribution in [-0.4, -0.2) is 16.9 Å². The Hall–Kier alpha value is -1.90. The zero-order valence-corrected chi connectivity index (χ0v) is 15.5. The third-order valence-corrected chi connectivity index (χ3v) is 5.48. The molecule has 0 spiro atoms. The van der Waals surface area contributed by atoms with Crippen molar-refractivity contribution in [2.24, 2.45) is 11.8 Å². The molecule has 0 aliphatic heterocycles. The summed E-state index contributed by atoms with van der Waals surface area (Å²) in [5.74, 6) is 0.191. The highest BCUT2D eigenvalue weighted by Gasteiger charge is 2.32. The van der Waals surface area contributed by atoms with E-state index in [-0.39, 0.29) is 12.3 Å². The molecule has 2 rings (SSSR count). The van der Waals surface area contributed by atoms with E-state index in [0.29, 0.717) is 18.1 Å². The Kier molecular flexibility index (Phi) is 7.42. The van der Waals surface area contributed by atoms with Crippen LogP contribution in [-0.2, 0) is 9.59 Å². The first-order valence-electron chi connectivity index (χ1n) is 9.48. The van der Waals surface area contributed by atoms with Gasteiger partial charge in [0.1, 0.15) is 5.78 Å². The van der Waals surface area contributed by atoms with Gasteiger partial charge >= 0.3 is 5.97 Å². The molecule has 0 radical (unpaired) electrons. The van der Waals surface area contributed by atoms with Gasteiger partial charge in [0.25, 0.3) is 0 Å². The largest absolute Gasteiger partial charge is 0.481 e. The van der Waals surface area contributed by atoms with Crippen LogP contribution in [0.4, 0.5) is 0 Å². The van der Waals surface area contributed by atoms with Crippen LogP contribution in [0, 0.1) is 25.7 Å². The molecule has 0 amide bonds. The lowest BCUT2D eigenvalue weighted by Crippen LogP contribution is -2.13. The number of hydrogen-bond donors (Lipinski definition) is 1. The van der Waals surface area contributed by atoms with Crippen LogP contribution in [0.15, 0.2) is 24.3 Å². The van der Waals surface area contributed by atoms with E-state index in [2.05, 4.69) is 44.2 Å². The zero-order chi connectivity index (χ0) is 18.2. The second-order valence-electron chi connectivity index (χ2n) is 7.27. The lowest BCUT2D eigenvalue weighted by Gasteiger charge is -2.15. The number of hydrogen-bond acceptors (Lipinski definition) is 2. The van der Waals surface area contributed by atoms with Gasteiger partial charge in [0.05, 0.1) is 0 Å². The Balaban J connectivity index is 1.85. The van der Waals surface area contributed by atoms with Crippen molar-refractivity contribution >= 4 is 17.8 Å². The molecule has 3 heteroatoms. The number of ketones is 1. The minimum Gasteiger partial charge on any atom is -0.481 e. The number of unbranched alkanes of at least 4 members (excludes halogenated alkanes) is 3. The number of carbonyl (C=O) groups is 2. The maximum absolute atomic E-state index is 12.2. The number of carboxylic acid groups (broad SMARTS) is 1. The predicted molar refractivity (Wildman–Crippen MR) is 102 cm³/mol. The van der Waals surface area contributed by atoms with E-state index in [9.17, 15) is 9.59 Å². The van der Waals surface area contributed by atoms with E-state index in [1.54, 1.807) is 0 Å². The van der Waals surface area contributed by atoms with Gasteiger partial charge in [-0.05, 0) is 55.7 Å². The predicted octanol–water partition coefficient (Wildman–Crippen LogP) is 5.34. The van der Waals surface area contributed by atoms with Crippen LogP contribution >= 0.6 is 0 Å². The van der Waals surface area contributed by atoms with Crippen LogP contribution in [0.3, 0.4) is 0 Å². The van der Waals surface area contributed by atoms with Gasteiger partial charge in [-0.1, -0.05) is 49.6 Å². The van der Waals surface area contributed by atoms with Gasteiger partial charge in [0.15, 0.2) is 0 Å². The standard InChI is InChI=1S/C22H30O3/c1-16-8-7-9-18(17(16)2)12-13-19-14-15-21(23)20(19)10-5-3-4-6-11-22(24)25/h7-9,12-13,19-20H,3-6,10-11,14-15H2,1-2H3,(H,24,25). The van der Waals surface area contributed by atoms with Crippen molar-refractivity contribution < 1.29 is 14.7 Å². The second kappa shape index (κ2) is 9.55. The van der Waals surface area contributed by atoms with Crippen LogP contribution in [0.25, 0.3) is 6.08 Å². The van der Waals surface area contributed by atoms with E-state index in [1.165, 1.54) is 16.7 Å². The number of benzene rings is 1. The lowest BCUT2D eigenvalue weighted by molar-refractivity contribution is -0.137. The topological polar surface area (TPSA) is 54.4 Å². The summed E-state index contributed by atoms with van der Waals surface area (Å²) in [6.07, 6.45) is 11.0. The molecule has 0 aromatic heterocycles. The first-order valence-corrected chi connectivity index (χ1v) is 9.48. The number of aryl methyl sites for hydroxylation is 1. The van der Waals surface area contributed by atoms with Crippen molar-refractivity contribution in [2.45, 2.75) is 65.2 Å². The fourth-order valence-electron chi connectivity index (χ4n) is 3.72. The average molecular weight is 342 g/mol. The highest BCUT2D eigenvalue weighted by Crippen LogP contribution is 2.34. The molecule has 1 saturated carbocycles. The summed E-state index contributed by atoms with van der Waals surface area (Å²) in [5.41, 5.74) is 3.84. The molecule has 136 valence electrons. The number of carboxylic acids is 1. The summed E-state index contributed by atoms with van der Waals surface area (Å²) < 4.78 is 0. The number of Topliss-reactive ketones (excluding diaryl/α,β-unsaturated/α-hetero) is 1. The Bertz CT molecular complexity index is 630. The summed E-state index contributed by atoms with van der Waals surface area (Å²) in [4.78, 5) is 22.7. The molecule has 3 nitrogen and oxygen atoms in total. The fourth-order valence-corrected chi connectivity index (χ4v) is 3.72. The molecule has 0 heterocycles. The Morgan fingerprint density at radius 1 is 1.20 bits per heavy atom. The molecule has 1 aromatic carbocycles. The SMILES string of the molecule is Cc1cccc(C=CC2CCC(=O)C2CCCCCCC(=O)O)c1C. The number of carbonyl (C=O) groups excluding carboxylic acids is 1. The fraction of sp³-hybridized carbons (Fsp3) is 0.545. The highest BCUT2D eigenvalue weighted by molar-refractivity contribution is 5.84. The summed E-state index contributed by atoms with van der Waals surface area (Å²) in [6, 6.07) is 6.34. The smallest absolute Gasteiger partial charge is 0.303 e. The maximum atomic E-state index is 12.2. The third-order valence-electron chi connectivity index (χ3n) is 5.48. The van der Waals surface area contributed by atoms with E-state index in [4.69, 9.17) is 5.11 Å². The summed E-state index contributed by atoms with van der Waals surface area (Å²) in [6.45, 7) is 4.27. The minimum absolute atomic E-state index is 0.154. The molecular weight excluding hydrogens is 312 g/mol. The van der Waals surface area contributed by atoms with Gasteiger partial charge in [-0.3, -0.25) is 9.59 Å². The van der Waals surface area contributed by atoms with Crippen LogP contribution in [0.1, 0.15) is 68.1 Å². The van der Waals surface area contributed by atoms with Crippen molar-refractivity contribution in [3.8, 4) is 0 Å². The van der Waals surface area contributed by atoms with Crippen LogP contribution < -0.4 is 0 Å². The van der Waals surface area contributed by atoms with Crippen molar-refractivity contribution in [2.75, 3.05) is 0 Å². The third kappa shape index (κ3) is 5.84. The normalized spacial score (nSPS) is 20.5. The summed E-state index contributed by atoms with van der Waals surface area (Å²) in [5, 5.41) is 8.65. The van der Waals surface area contributed by atoms with E-state index in [0.717, 1.165) is 38.5 Å². The Morgan fingerprint density at radius 2 is 1.96 bits per heavy atom. The van der Waals surface area contributed by atoms with Crippen LogP contribution in [0.5, 0.6) is 0 Å². The quantitative estimate of drug-likeness (QED) is 0.617.